The maximum absolute atomic E-state index is 9.11. The van der Waals surface area contributed by atoms with E-state index in [-0.39, 0.29) is 0 Å². The van der Waals surface area contributed by atoms with Gasteiger partial charge in [-0.1, -0.05) is 0 Å². The van der Waals surface area contributed by atoms with Crippen molar-refractivity contribution in [1.82, 2.24) is 4.90 Å². The molecule has 0 aliphatic carbocycles. The third-order valence-electron chi connectivity index (χ3n) is 3.73. The van der Waals surface area contributed by atoms with E-state index in [1.165, 1.54) is 0 Å². The van der Waals surface area contributed by atoms with E-state index in [0.717, 1.165) is 25.1 Å². The Kier molecular flexibility index (Phi) is 3.73. The molecule has 2 unspecified atom stereocenters. The number of rotatable bonds is 2. The highest BCUT2D eigenvalue weighted by atomic mass is 15.1. The number of piperidine rings is 1. The average molecular weight is 244 g/mol. The fourth-order valence-corrected chi connectivity index (χ4v) is 2.42. The quantitative estimate of drug-likeness (QED) is 0.781. The minimum absolute atomic E-state index is 0.437. The number of nitrogen functional groups attached to an aromatic ring is 1. The number of nitrogens with one attached hydrogen (secondary N) is 1. The predicted octanol–water partition coefficient (Wildman–Crippen LogP) is 2.04. The van der Waals surface area contributed by atoms with Gasteiger partial charge in [0.1, 0.15) is 6.07 Å². The second-order valence-electron chi connectivity index (χ2n) is 5.11. The summed E-state index contributed by atoms with van der Waals surface area (Å²) in [4.78, 5) is 2.37. The lowest BCUT2D eigenvalue weighted by molar-refractivity contribution is 0.190. The van der Waals surface area contributed by atoms with Crippen LogP contribution in [0, 0.1) is 11.3 Å². The molecular weight excluding hydrogens is 224 g/mol. The highest BCUT2D eigenvalue weighted by Crippen LogP contribution is 2.23. The summed E-state index contributed by atoms with van der Waals surface area (Å²) in [5.74, 6) is 0. The van der Waals surface area contributed by atoms with Gasteiger partial charge >= 0.3 is 0 Å². The lowest BCUT2D eigenvalue weighted by atomic mass is 9.98. The second kappa shape index (κ2) is 5.28. The largest absolute Gasteiger partial charge is 0.399 e. The van der Waals surface area contributed by atoms with Gasteiger partial charge in [0.25, 0.3) is 0 Å². The smallest absolute Gasteiger partial charge is 0.101 e. The van der Waals surface area contributed by atoms with Gasteiger partial charge in [-0.05, 0) is 45.0 Å². The standard InChI is InChI=1S/C14H20N4/c1-10-7-13(5-6-18(10)2)17-14-4-3-12(16)8-11(14)9-15/h3-4,8,10,13,17H,5-7,16H2,1-2H3. The molecule has 4 nitrogen and oxygen atoms in total. The van der Waals surface area contributed by atoms with E-state index in [9.17, 15) is 0 Å². The fraction of sp³-hybridized carbons (Fsp3) is 0.500. The molecule has 1 aromatic rings. The molecule has 0 spiro atoms. The molecule has 1 aliphatic heterocycles. The monoisotopic (exact) mass is 244 g/mol. The molecule has 3 N–H and O–H groups in total. The summed E-state index contributed by atoms with van der Waals surface area (Å²) in [6.45, 7) is 3.33. The van der Waals surface area contributed by atoms with Crippen LogP contribution in [0.4, 0.5) is 11.4 Å². The summed E-state index contributed by atoms with van der Waals surface area (Å²) in [7, 11) is 2.16. The Morgan fingerprint density at radius 3 is 2.94 bits per heavy atom. The molecule has 1 fully saturated rings. The van der Waals surface area contributed by atoms with Crippen LogP contribution in [0.15, 0.2) is 18.2 Å². The van der Waals surface area contributed by atoms with E-state index in [0.29, 0.717) is 23.3 Å². The molecule has 2 atom stereocenters. The number of nitriles is 1. The summed E-state index contributed by atoms with van der Waals surface area (Å²) in [5, 5.41) is 12.6. The summed E-state index contributed by atoms with van der Waals surface area (Å²) in [6.07, 6.45) is 2.21. The van der Waals surface area contributed by atoms with Crippen molar-refractivity contribution in [2.45, 2.75) is 31.8 Å². The van der Waals surface area contributed by atoms with Crippen molar-refractivity contribution in [3.05, 3.63) is 23.8 Å². The van der Waals surface area contributed by atoms with Gasteiger partial charge in [0.2, 0.25) is 0 Å². The van der Waals surface area contributed by atoms with Gasteiger partial charge in [-0.3, -0.25) is 0 Å². The molecule has 2 rings (SSSR count). The minimum Gasteiger partial charge on any atom is -0.399 e. The molecular formula is C14H20N4. The van der Waals surface area contributed by atoms with Gasteiger partial charge in [0, 0.05) is 24.3 Å². The van der Waals surface area contributed by atoms with Crippen LogP contribution in [0.2, 0.25) is 0 Å². The number of likely N-dealkylation sites (tertiary alicyclic amines) is 1. The number of nitrogens with zero attached hydrogens (tertiary/aromatic N) is 2. The molecule has 0 amide bonds. The molecule has 0 bridgehead atoms. The molecule has 1 heterocycles. The number of nitrogens with two attached hydrogens (primary N) is 1. The Morgan fingerprint density at radius 2 is 2.28 bits per heavy atom. The van der Waals surface area contributed by atoms with E-state index in [1.54, 1.807) is 6.07 Å². The van der Waals surface area contributed by atoms with Gasteiger partial charge < -0.3 is 16.0 Å². The van der Waals surface area contributed by atoms with Crippen molar-refractivity contribution in [2.24, 2.45) is 0 Å². The Bertz CT molecular complexity index is 463. The summed E-state index contributed by atoms with van der Waals surface area (Å²) in [6, 6.07) is 8.67. The lowest BCUT2D eigenvalue weighted by Gasteiger charge is -2.35. The van der Waals surface area contributed by atoms with Crippen LogP contribution in [-0.4, -0.2) is 30.6 Å². The zero-order valence-electron chi connectivity index (χ0n) is 11.0. The van der Waals surface area contributed by atoms with E-state index in [1.807, 2.05) is 12.1 Å². The van der Waals surface area contributed by atoms with Crippen molar-refractivity contribution in [1.29, 1.82) is 5.26 Å². The first-order valence-corrected chi connectivity index (χ1v) is 6.36. The molecule has 0 saturated carbocycles. The van der Waals surface area contributed by atoms with Crippen molar-refractivity contribution < 1.29 is 0 Å². The summed E-state index contributed by atoms with van der Waals surface area (Å²) < 4.78 is 0. The lowest BCUT2D eigenvalue weighted by Crippen LogP contribution is -2.42. The van der Waals surface area contributed by atoms with Crippen LogP contribution in [0.5, 0.6) is 0 Å². The van der Waals surface area contributed by atoms with E-state index in [4.69, 9.17) is 11.0 Å². The van der Waals surface area contributed by atoms with Gasteiger partial charge in [0.05, 0.1) is 11.3 Å². The molecule has 18 heavy (non-hydrogen) atoms. The number of hydrogen-bond acceptors (Lipinski definition) is 4. The molecule has 1 aromatic carbocycles. The maximum Gasteiger partial charge on any atom is 0.101 e. The summed E-state index contributed by atoms with van der Waals surface area (Å²) >= 11 is 0. The molecule has 1 aliphatic rings. The third kappa shape index (κ3) is 2.74. The van der Waals surface area contributed by atoms with Gasteiger partial charge in [-0.25, -0.2) is 0 Å². The van der Waals surface area contributed by atoms with Crippen LogP contribution >= 0.6 is 0 Å². The maximum atomic E-state index is 9.11. The Hall–Kier alpha value is -1.73. The Labute approximate surface area is 108 Å². The number of benzene rings is 1. The van der Waals surface area contributed by atoms with Crippen LogP contribution in [-0.2, 0) is 0 Å². The fourth-order valence-electron chi connectivity index (χ4n) is 2.42. The van der Waals surface area contributed by atoms with Crippen molar-refractivity contribution in [2.75, 3.05) is 24.6 Å². The Morgan fingerprint density at radius 1 is 1.50 bits per heavy atom. The molecule has 4 heteroatoms. The van der Waals surface area contributed by atoms with Crippen LogP contribution in [0.25, 0.3) is 0 Å². The SMILES string of the molecule is CC1CC(Nc2ccc(N)cc2C#N)CCN1C. The van der Waals surface area contributed by atoms with Crippen molar-refractivity contribution >= 4 is 11.4 Å². The van der Waals surface area contributed by atoms with Crippen molar-refractivity contribution in [3.8, 4) is 6.07 Å². The van der Waals surface area contributed by atoms with Crippen LogP contribution in [0.3, 0.4) is 0 Å². The number of hydrogen-bond donors (Lipinski definition) is 2. The summed E-state index contributed by atoms with van der Waals surface area (Å²) in [5.41, 5.74) is 7.85. The van der Waals surface area contributed by atoms with Gasteiger partial charge in [-0.2, -0.15) is 5.26 Å². The minimum atomic E-state index is 0.437. The van der Waals surface area contributed by atoms with Crippen molar-refractivity contribution in [3.63, 3.8) is 0 Å². The predicted molar refractivity (Wildman–Crippen MR) is 74.3 cm³/mol. The molecule has 1 saturated heterocycles. The first-order chi connectivity index (χ1) is 8.60. The highest BCUT2D eigenvalue weighted by molar-refractivity contribution is 5.63. The highest BCUT2D eigenvalue weighted by Gasteiger charge is 2.23. The number of anilines is 2. The van der Waals surface area contributed by atoms with Crippen LogP contribution < -0.4 is 11.1 Å². The van der Waals surface area contributed by atoms with Crippen LogP contribution in [0.1, 0.15) is 25.3 Å². The van der Waals surface area contributed by atoms with Gasteiger partial charge in [-0.15, -0.1) is 0 Å². The third-order valence-corrected chi connectivity index (χ3v) is 3.73. The zero-order valence-corrected chi connectivity index (χ0v) is 11.0. The molecule has 96 valence electrons. The molecule has 0 aromatic heterocycles. The van der Waals surface area contributed by atoms with E-state index >= 15 is 0 Å². The van der Waals surface area contributed by atoms with Gasteiger partial charge in [0.15, 0.2) is 0 Å². The average Bonchev–Trinajstić information content (AvgIpc) is 2.36. The normalized spacial score (nSPS) is 24.5. The molecule has 0 radical (unpaired) electrons. The van der Waals surface area contributed by atoms with E-state index < -0.39 is 0 Å². The van der Waals surface area contributed by atoms with E-state index in [2.05, 4.69) is 30.3 Å². The topological polar surface area (TPSA) is 65.1 Å². The zero-order chi connectivity index (χ0) is 13.1. The first kappa shape index (κ1) is 12.7. The second-order valence-corrected chi connectivity index (χ2v) is 5.11. The Balaban J connectivity index is 2.08. The first-order valence-electron chi connectivity index (χ1n) is 6.36.